The van der Waals surface area contributed by atoms with Gasteiger partial charge in [0, 0.05) is 26.0 Å². The molecule has 0 saturated heterocycles. The van der Waals surface area contributed by atoms with Gasteiger partial charge in [-0.2, -0.15) is 0 Å². The molecule has 0 radical (unpaired) electrons. The molecular formula is C40H58N2O11. The molecule has 1 unspecified atom stereocenters. The molecular weight excluding hydrogens is 684 g/mol. The molecule has 0 fully saturated rings. The van der Waals surface area contributed by atoms with E-state index in [1.54, 1.807) is 41.5 Å². The zero-order valence-electron chi connectivity index (χ0n) is 32.1. The average molecular weight is 743 g/mol. The second-order valence-electron chi connectivity index (χ2n) is 14.7. The second kappa shape index (κ2) is 22.8. The molecule has 0 saturated carbocycles. The fourth-order valence-corrected chi connectivity index (χ4v) is 5.14. The van der Waals surface area contributed by atoms with Crippen LogP contribution in [-0.2, 0) is 62.6 Å². The number of rotatable bonds is 23. The van der Waals surface area contributed by atoms with Crippen molar-refractivity contribution in [3.05, 3.63) is 59.2 Å². The highest BCUT2D eigenvalue weighted by Crippen LogP contribution is 2.26. The summed E-state index contributed by atoms with van der Waals surface area (Å²) in [5, 5.41) is 24.3. The molecule has 1 atom stereocenters. The van der Waals surface area contributed by atoms with E-state index in [4.69, 9.17) is 18.9 Å². The first-order valence-corrected chi connectivity index (χ1v) is 18.1. The molecule has 2 aromatic rings. The van der Waals surface area contributed by atoms with Crippen LogP contribution in [0.3, 0.4) is 0 Å². The maximum atomic E-state index is 12.7. The Morgan fingerprint density at radius 3 is 2.02 bits per heavy atom. The molecule has 53 heavy (non-hydrogen) atoms. The molecule has 294 valence electrons. The van der Waals surface area contributed by atoms with Gasteiger partial charge in [0.25, 0.3) is 0 Å². The predicted molar refractivity (Wildman–Crippen MR) is 198 cm³/mol. The van der Waals surface area contributed by atoms with Crippen LogP contribution in [-0.4, -0.2) is 90.0 Å². The summed E-state index contributed by atoms with van der Waals surface area (Å²) in [6.45, 7) is 11.1. The zero-order valence-corrected chi connectivity index (χ0v) is 32.1. The fourth-order valence-electron chi connectivity index (χ4n) is 5.14. The van der Waals surface area contributed by atoms with Gasteiger partial charge in [0.2, 0.25) is 11.8 Å². The summed E-state index contributed by atoms with van der Waals surface area (Å²) < 4.78 is 21.5. The van der Waals surface area contributed by atoms with Gasteiger partial charge < -0.3 is 39.8 Å². The minimum atomic E-state index is -1.10. The van der Waals surface area contributed by atoms with Crippen molar-refractivity contribution in [2.45, 2.75) is 117 Å². The lowest BCUT2D eigenvalue weighted by Crippen LogP contribution is -2.45. The third-order valence-corrected chi connectivity index (χ3v) is 7.56. The van der Waals surface area contributed by atoms with E-state index in [1.807, 2.05) is 42.5 Å². The number of aryl methyl sites for hydroxylation is 1. The third kappa shape index (κ3) is 19.5. The quantitative estimate of drug-likeness (QED) is 0.0730. The van der Waals surface area contributed by atoms with E-state index in [2.05, 4.69) is 10.6 Å². The molecule has 0 aliphatic heterocycles. The summed E-state index contributed by atoms with van der Waals surface area (Å²) in [5.41, 5.74) is 3.18. The van der Waals surface area contributed by atoms with Gasteiger partial charge in [-0.1, -0.05) is 42.5 Å². The standard InChI is InChI=1S/C40H58N2O11/c1-39(2,3)52-37(48)24-35(46)42-34(38(49)53-40(4,5)6)18-16-32(45)10-8-20-50-21-22-51-27-36(47)41-19-7-9-31-23-29(26-44)13-17-33(31)30-14-11-28(25-43)12-15-30/h11-15,17,23,34,43-44H,7-10,16,18-22,24-27H2,1-6H3,(H,41,47)(H,42,46). The zero-order chi connectivity index (χ0) is 39.4. The summed E-state index contributed by atoms with van der Waals surface area (Å²) in [7, 11) is 0. The smallest absolute Gasteiger partial charge is 0.329 e. The number of ether oxygens (including phenoxy) is 4. The normalized spacial score (nSPS) is 12.2. The van der Waals surface area contributed by atoms with Crippen LogP contribution in [0.5, 0.6) is 0 Å². The Kier molecular flexibility index (Phi) is 19.4. The van der Waals surface area contributed by atoms with Crippen molar-refractivity contribution in [2.75, 3.05) is 33.0 Å². The van der Waals surface area contributed by atoms with Crippen LogP contribution in [0.2, 0.25) is 0 Å². The third-order valence-electron chi connectivity index (χ3n) is 7.56. The number of aliphatic hydroxyl groups is 2. The Hall–Kier alpha value is -4.17. The van der Waals surface area contributed by atoms with Gasteiger partial charge in [0.05, 0.1) is 26.4 Å². The molecule has 2 aromatic carbocycles. The first kappa shape index (κ1) is 45.0. The number of carbonyl (C=O) groups is 5. The Morgan fingerprint density at radius 1 is 0.736 bits per heavy atom. The minimum absolute atomic E-state index is 0.0169. The average Bonchev–Trinajstić information content (AvgIpc) is 3.07. The predicted octanol–water partition coefficient (Wildman–Crippen LogP) is 4.11. The number of esters is 2. The van der Waals surface area contributed by atoms with E-state index in [-0.39, 0.29) is 64.0 Å². The number of hydrogen-bond acceptors (Lipinski definition) is 11. The molecule has 0 aromatic heterocycles. The van der Waals surface area contributed by atoms with Crippen molar-refractivity contribution in [1.29, 1.82) is 0 Å². The largest absolute Gasteiger partial charge is 0.460 e. The van der Waals surface area contributed by atoms with Crippen LogP contribution in [0.1, 0.15) is 96.8 Å². The Labute approximate surface area is 313 Å². The molecule has 2 amide bonds. The van der Waals surface area contributed by atoms with Crippen molar-refractivity contribution in [3.63, 3.8) is 0 Å². The topological polar surface area (TPSA) is 187 Å². The molecule has 4 N–H and O–H groups in total. The van der Waals surface area contributed by atoms with Gasteiger partial charge in [0.15, 0.2) is 0 Å². The van der Waals surface area contributed by atoms with E-state index < -0.39 is 41.5 Å². The SMILES string of the molecule is CC(C)(C)OC(=O)CC(=O)NC(CCC(=O)CCCOCCOCC(=O)NCCCc1cc(CO)ccc1-c1ccc(CO)cc1)C(=O)OC(C)(C)C. The van der Waals surface area contributed by atoms with Crippen molar-refractivity contribution in [2.24, 2.45) is 0 Å². The Bertz CT molecular complexity index is 1480. The Morgan fingerprint density at radius 2 is 1.38 bits per heavy atom. The molecule has 0 spiro atoms. The Balaban J connectivity index is 1.64. The number of amides is 2. The number of hydrogen-bond donors (Lipinski definition) is 4. The number of Topliss-reactive ketones (excluding diaryl/α,β-unsaturated/α-hetero) is 1. The number of ketones is 1. The highest BCUT2D eigenvalue weighted by atomic mass is 16.6. The molecule has 0 bridgehead atoms. The summed E-state index contributed by atoms with van der Waals surface area (Å²) >= 11 is 0. The lowest BCUT2D eigenvalue weighted by molar-refractivity contribution is -0.161. The van der Waals surface area contributed by atoms with Gasteiger partial charge in [0.1, 0.15) is 36.1 Å². The van der Waals surface area contributed by atoms with Crippen LogP contribution >= 0.6 is 0 Å². The van der Waals surface area contributed by atoms with Gasteiger partial charge in [-0.3, -0.25) is 19.2 Å². The monoisotopic (exact) mass is 742 g/mol. The number of benzene rings is 2. The number of carbonyl (C=O) groups excluding carboxylic acids is 5. The summed E-state index contributed by atoms with van der Waals surface area (Å²) in [4.78, 5) is 62.0. The lowest BCUT2D eigenvalue weighted by atomic mass is 9.94. The van der Waals surface area contributed by atoms with Crippen LogP contribution < -0.4 is 10.6 Å². The summed E-state index contributed by atoms with van der Waals surface area (Å²) in [6, 6.07) is 12.4. The number of nitrogens with one attached hydrogen (secondary N) is 2. The first-order valence-electron chi connectivity index (χ1n) is 18.1. The van der Waals surface area contributed by atoms with Gasteiger partial charge >= 0.3 is 11.9 Å². The van der Waals surface area contributed by atoms with Crippen LogP contribution in [0.15, 0.2) is 42.5 Å². The van der Waals surface area contributed by atoms with Crippen LogP contribution in [0.4, 0.5) is 0 Å². The van der Waals surface area contributed by atoms with E-state index in [1.165, 1.54) is 0 Å². The first-order chi connectivity index (χ1) is 25.0. The molecule has 0 heterocycles. The van der Waals surface area contributed by atoms with Crippen molar-refractivity contribution < 1.29 is 53.1 Å². The van der Waals surface area contributed by atoms with E-state index >= 15 is 0 Å². The summed E-state index contributed by atoms with van der Waals surface area (Å²) in [6.07, 6.45) is 1.50. The maximum Gasteiger partial charge on any atom is 0.329 e. The lowest BCUT2D eigenvalue weighted by Gasteiger charge is -2.25. The minimum Gasteiger partial charge on any atom is -0.460 e. The van der Waals surface area contributed by atoms with Crippen molar-refractivity contribution in [3.8, 4) is 11.1 Å². The molecule has 0 aliphatic carbocycles. The van der Waals surface area contributed by atoms with E-state index in [0.717, 1.165) is 27.8 Å². The molecule has 0 aliphatic rings. The molecule has 13 heteroatoms. The fraction of sp³-hybridized carbons (Fsp3) is 0.575. The van der Waals surface area contributed by atoms with Crippen LogP contribution in [0.25, 0.3) is 11.1 Å². The molecule has 2 rings (SSSR count). The maximum absolute atomic E-state index is 12.7. The van der Waals surface area contributed by atoms with Crippen molar-refractivity contribution >= 4 is 29.5 Å². The van der Waals surface area contributed by atoms with Crippen molar-refractivity contribution in [1.82, 2.24) is 10.6 Å². The van der Waals surface area contributed by atoms with E-state index in [0.29, 0.717) is 32.4 Å². The van der Waals surface area contributed by atoms with Gasteiger partial charge in [-0.15, -0.1) is 0 Å². The second-order valence-corrected chi connectivity index (χ2v) is 14.7. The van der Waals surface area contributed by atoms with Gasteiger partial charge in [-0.05, 0) is 95.0 Å². The summed E-state index contributed by atoms with van der Waals surface area (Å²) in [5.74, 6) is -2.49. The van der Waals surface area contributed by atoms with E-state index in [9.17, 15) is 34.2 Å². The number of aliphatic hydroxyl groups excluding tert-OH is 2. The van der Waals surface area contributed by atoms with Gasteiger partial charge in [-0.25, -0.2) is 4.79 Å². The highest BCUT2D eigenvalue weighted by molar-refractivity contribution is 5.96. The van der Waals surface area contributed by atoms with Crippen LogP contribution in [0, 0.1) is 0 Å². The highest BCUT2D eigenvalue weighted by Gasteiger charge is 2.28. The molecule has 13 nitrogen and oxygen atoms in total.